The Morgan fingerprint density at radius 1 is 1.03 bits per heavy atom. The molecule has 1 saturated heterocycles. The molecule has 4 aromatic rings. The van der Waals surface area contributed by atoms with Crippen LogP contribution < -0.4 is 5.32 Å². The number of thiophene rings is 1. The number of hydrogen-bond acceptors (Lipinski definition) is 6. The summed E-state index contributed by atoms with van der Waals surface area (Å²) in [6.45, 7) is 1.01. The van der Waals surface area contributed by atoms with Gasteiger partial charge in [-0.15, -0.1) is 16.4 Å². The van der Waals surface area contributed by atoms with E-state index in [1.165, 1.54) is 15.6 Å². The van der Waals surface area contributed by atoms with Crippen molar-refractivity contribution in [1.82, 2.24) is 24.6 Å². The molecule has 2 aromatic heterocycles. The lowest BCUT2D eigenvalue weighted by Crippen LogP contribution is -2.38. The smallest absolute Gasteiger partial charge is 0.252 e. The van der Waals surface area contributed by atoms with Gasteiger partial charge in [-0.05, 0) is 67.4 Å². The highest BCUT2D eigenvalue weighted by atomic mass is 35.5. The standard InChI is InChI=1S/C23H21Cl2N5O3S2/c24-16-3-1-15(2-4-16)23(31)26-14-19-6-8-22(34-19)35(32,33)29-11-9-18(10-12-29)30-21-13-17(25)5-7-20(21)27-28-30/h1-8,13,18H,9-12,14H2,(H,26,31). The minimum atomic E-state index is -3.62. The fraction of sp³-hybridized carbons (Fsp3) is 0.261. The molecule has 2 aromatic carbocycles. The van der Waals surface area contributed by atoms with Crippen LogP contribution in [-0.4, -0.2) is 46.7 Å². The number of hydrogen-bond donors (Lipinski definition) is 1. The molecule has 1 amide bonds. The minimum absolute atomic E-state index is 0.0480. The number of sulfonamides is 1. The van der Waals surface area contributed by atoms with Gasteiger partial charge in [-0.1, -0.05) is 28.4 Å². The van der Waals surface area contributed by atoms with Crippen molar-refractivity contribution in [3.63, 3.8) is 0 Å². The molecule has 0 saturated carbocycles. The van der Waals surface area contributed by atoms with Gasteiger partial charge in [0, 0.05) is 33.6 Å². The Morgan fingerprint density at radius 3 is 2.49 bits per heavy atom. The maximum Gasteiger partial charge on any atom is 0.252 e. The van der Waals surface area contributed by atoms with E-state index in [2.05, 4.69) is 15.6 Å². The van der Waals surface area contributed by atoms with E-state index in [1.807, 2.05) is 16.8 Å². The SMILES string of the molecule is O=C(NCc1ccc(S(=O)(=O)N2CCC(n3nnc4ccc(Cl)cc43)CC2)s1)c1ccc(Cl)cc1. The molecule has 5 rings (SSSR count). The molecule has 0 spiro atoms. The third-order valence-corrected chi connectivity index (χ3v) is 9.90. The summed E-state index contributed by atoms with van der Waals surface area (Å²) in [5.41, 5.74) is 2.10. The Morgan fingerprint density at radius 2 is 1.74 bits per heavy atom. The zero-order valence-corrected chi connectivity index (χ0v) is 21.5. The maximum absolute atomic E-state index is 13.2. The van der Waals surface area contributed by atoms with Gasteiger partial charge in [-0.2, -0.15) is 4.31 Å². The van der Waals surface area contributed by atoms with E-state index in [-0.39, 0.29) is 22.7 Å². The third kappa shape index (κ3) is 5.07. The Balaban J connectivity index is 1.21. The van der Waals surface area contributed by atoms with Gasteiger partial charge in [0.1, 0.15) is 9.73 Å². The van der Waals surface area contributed by atoms with Crippen LogP contribution in [0.1, 0.15) is 34.1 Å². The zero-order valence-electron chi connectivity index (χ0n) is 18.4. The summed E-state index contributed by atoms with van der Waals surface area (Å²) >= 11 is 13.2. The van der Waals surface area contributed by atoms with Crippen LogP contribution in [0.2, 0.25) is 10.0 Å². The van der Waals surface area contributed by atoms with Gasteiger partial charge in [0.15, 0.2) is 0 Å². The molecule has 1 aliphatic rings. The van der Waals surface area contributed by atoms with E-state index in [0.29, 0.717) is 41.5 Å². The fourth-order valence-corrected chi connectivity index (χ4v) is 7.31. The molecule has 8 nitrogen and oxygen atoms in total. The summed E-state index contributed by atoms with van der Waals surface area (Å²) in [4.78, 5) is 13.1. The second kappa shape index (κ2) is 9.87. The first-order chi connectivity index (χ1) is 16.8. The van der Waals surface area contributed by atoms with Gasteiger partial charge < -0.3 is 5.32 Å². The lowest BCUT2D eigenvalue weighted by Gasteiger charge is -2.30. The average molecular weight is 550 g/mol. The second-order valence-electron chi connectivity index (χ2n) is 8.21. The predicted octanol–water partition coefficient (Wildman–Crippen LogP) is 4.76. The van der Waals surface area contributed by atoms with Crippen LogP contribution in [0, 0.1) is 0 Å². The number of rotatable bonds is 6. The van der Waals surface area contributed by atoms with E-state index >= 15 is 0 Å². The number of nitrogens with zero attached hydrogens (tertiary/aromatic N) is 4. The number of carbonyl (C=O) groups excluding carboxylic acids is 1. The first kappa shape index (κ1) is 24.2. The minimum Gasteiger partial charge on any atom is -0.347 e. The van der Waals surface area contributed by atoms with Crippen LogP contribution in [0.3, 0.4) is 0 Å². The van der Waals surface area contributed by atoms with Crippen molar-refractivity contribution in [3.8, 4) is 0 Å². The summed E-state index contributed by atoms with van der Waals surface area (Å²) < 4.78 is 30.1. The summed E-state index contributed by atoms with van der Waals surface area (Å²) in [6.07, 6.45) is 1.25. The molecule has 0 aliphatic carbocycles. The summed E-state index contributed by atoms with van der Waals surface area (Å²) in [6, 6.07) is 15.4. The topological polar surface area (TPSA) is 97.2 Å². The van der Waals surface area contributed by atoms with Crippen molar-refractivity contribution < 1.29 is 13.2 Å². The number of piperidine rings is 1. The normalized spacial score (nSPS) is 15.5. The lowest BCUT2D eigenvalue weighted by atomic mass is 10.1. The van der Waals surface area contributed by atoms with Crippen molar-refractivity contribution in [3.05, 3.63) is 75.1 Å². The monoisotopic (exact) mass is 549 g/mol. The van der Waals surface area contributed by atoms with E-state index in [0.717, 1.165) is 15.9 Å². The van der Waals surface area contributed by atoms with Gasteiger partial charge in [0.05, 0.1) is 18.1 Å². The molecule has 0 unspecified atom stereocenters. The van der Waals surface area contributed by atoms with Gasteiger partial charge >= 0.3 is 0 Å². The van der Waals surface area contributed by atoms with Crippen molar-refractivity contribution in [2.75, 3.05) is 13.1 Å². The highest BCUT2D eigenvalue weighted by Crippen LogP contribution is 2.31. The summed E-state index contributed by atoms with van der Waals surface area (Å²) in [5, 5.41) is 12.4. The molecular formula is C23H21Cl2N5O3S2. The molecule has 12 heteroatoms. The zero-order chi connectivity index (χ0) is 24.6. The van der Waals surface area contributed by atoms with Crippen LogP contribution >= 0.6 is 34.5 Å². The number of benzene rings is 2. The Kier molecular flexibility index (Phi) is 6.82. The van der Waals surface area contributed by atoms with Crippen molar-refractivity contribution >= 4 is 61.5 Å². The molecule has 1 N–H and O–H groups in total. The molecule has 0 atom stereocenters. The largest absolute Gasteiger partial charge is 0.347 e. The summed E-state index contributed by atoms with van der Waals surface area (Å²) in [5.74, 6) is -0.247. The molecular weight excluding hydrogens is 529 g/mol. The number of nitrogens with one attached hydrogen (secondary N) is 1. The number of carbonyl (C=O) groups is 1. The fourth-order valence-electron chi connectivity index (χ4n) is 4.10. The first-order valence-corrected chi connectivity index (χ1v) is 14.0. The first-order valence-electron chi connectivity index (χ1n) is 10.9. The van der Waals surface area contributed by atoms with Gasteiger partial charge in [0.2, 0.25) is 0 Å². The third-order valence-electron chi connectivity index (χ3n) is 5.96. The summed E-state index contributed by atoms with van der Waals surface area (Å²) in [7, 11) is -3.62. The maximum atomic E-state index is 13.2. The van der Waals surface area contributed by atoms with Gasteiger partial charge in [0.25, 0.3) is 15.9 Å². The van der Waals surface area contributed by atoms with Gasteiger partial charge in [-0.3, -0.25) is 4.79 Å². The van der Waals surface area contributed by atoms with Crippen molar-refractivity contribution in [2.24, 2.45) is 0 Å². The second-order valence-corrected chi connectivity index (χ2v) is 12.4. The lowest BCUT2D eigenvalue weighted by molar-refractivity contribution is 0.0951. The highest BCUT2D eigenvalue weighted by Gasteiger charge is 2.32. The molecule has 1 fully saturated rings. The highest BCUT2D eigenvalue weighted by molar-refractivity contribution is 7.91. The Bertz CT molecular complexity index is 1480. The van der Waals surface area contributed by atoms with Crippen LogP contribution in [-0.2, 0) is 16.6 Å². The van der Waals surface area contributed by atoms with Crippen LogP contribution in [0.25, 0.3) is 11.0 Å². The van der Waals surface area contributed by atoms with Crippen LogP contribution in [0.15, 0.2) is 58.8 Å². The number of aromatic nitrogens is 3. The van der Waals surface area contributed by atoms with Gasteiger partial charge in [-0.25, -0.2) is 13.1 Å². The van der Waals surface area contributed by atoms with E-state index in [4.69, 9.17) is 23.2 Å². The predicted molar refractivity (Wildman–Crippen MR) is 137 cm³/mol. The number of amides is 1. The van der Waals surface area contributed by atoms with Crippen molar-refractivity contribution in [1.29, 1.82) is 0 Å². The number of fused-ring (bicyclic) bond motifs is 1. The quantitative estimate of drug-likeness (QED) is 0.374. The Labute approximate surface area is 216 Å². The van der Waals surface area contributed by atoms with E-state index in [1.54, 1.807) is 42.5 Å². The molecule has 35 heavy (non-hydrogen) atoms. The van der Waals surface area contributed by atoms with Crippen LogP contribution in [0.4, 0.5) is 0 Å². The average Bonchev–Trinajstić information content (AvgIpc) is 3.50. The molecule has 0 radical (unpaired) electrons. The van der Waals surface area contributed by atoms with Crippen LogP contribution in [0.5, 0.6) is 0 Å². The number of halogens is 2. The molecule has 1 aliphatic heterocycles. The molecule has 182 valence electrons. The molecule has 0 bridgehead atoms. The Hall–Kier alpha value is -2.50. The van der Waals surface area contributed by atoms with Crippen molar-refractivity contribution in [2.45, 2.75) is 29.6 Å². The van der Waals surface area contributed by atoms with E-state index < -0.39 is 10.0 Å². The van der Waals surface area contributed by atoms with E-state index in [9.17, 15) is 13.2 Å². The molecule has 3 heterocycles.